The second-order valence-electron chi connectivity index (χ2n) is 6.21. The first-order valence-corrected chi connectivity index (χ1v) is 7.92. The highest BCUT2D eigenvalue weighted by Crippen LogP contribution is 2.54. The van der Waals surface area contributed by atoms with E-state index in [4.69, 9.17) is 4.74 Å². The maximum atomic E-state index is 12.8. The lowest BCUT2D eigenvalue weighted by molar-refractivity contribution is -0.118. The van der Waals surface area contributed by atoms with E-state index in [9.17, 15) is 9.18 Å². The van der Waals surface area contributed by atoms with Crippen molar-refractivity contribution in [2.24, 2.45) is 11.3 Å². The fourth-order valence-corrected chi connectivity index (χ4v) is 2.72. The molecule has 1 aliphatic rings. The van der Waals surface area contributed by atoms with Crippen LogP contribution in [-0.2, 0) is 4.79 Å². The second-order valence-corrected chi connectivity index (χ2v) is 6.21. The Morgan fingerprint density at radius 2 is 2.24 bits per heavy atom. The molecule has 2 heterocycles. The Kier molecular flexibility index (Phi) is 4.48. The molecule has 1 aliphatic carbocycles. The molecule has 0 aliphatic heterocycles. The van der Waals surface area contributed by atoms with Gasteiger partial charge in [0, 0.05) is 5.41 Å². The highest BCUT2D eigenvalue weighted by molar-refractivity contribution is 5.95. The third-order valence-electron chi connectivity index (χ3n) is 4.39. The normalized spacial score (nSPS) is 21.5. The average Bonchev–Trinajstić information content (AvgIpc) is 3.31. The van der Waals surface area contributed by atoms with E-state index in [0.29, 0.717) is 30.3 Å². The molecule has 6 nitrogen and oxygen atoms in total. The van der Waals surface area contributed by atoms with Gasteiger partial charge in [-0.05, 0) is 32.4 Å². The standard InChI is InChI=1S/C18H19FN4O2/c1-4-18(10-25-15-9-20-12(3)22-11(15)2)7-14(18)17(24)23-13-5-6-16(19)21-8-13/h4-6,8-9,14H,1,7,10H2,2-3H3,(H,23,24)/t14-,18+/m0/s1. The smallest absolute Gasteiger partial charge is 0.228 e. The van der Waals surface area contributed by atoms with Crippen molar-refractivity contribution >= 4 is 11.6 Å². The van der Waals surface area contributed by atoms with Gasteiger partial charge in [-0.25, -0.2) is 15.0 Å². The summed E-state index contributed by atoms with van der Waals surface area (Å²) in [7, 11) is 0. The summed E-state index contributed by atoms with van der Waals surface area (Å²) in [6.07, 6.45) is 5.32. The van der Waals surface area contributed by atoms with Gasteiger partial charge in [-0.3, -0.25) is 4.79 Å². The van der Waals surface area contributed by atoms with Crippen molar-refractivity contribution in [1.29, 1.82) is 0 Å². The lowest BCUT2D eigenvalue weighted by Gasteiger charge is -2.15. The van der Waals surface area contributed by atoms with Gasteiger partial charge >= 0.3 is 0 Å². The van der Waals surface area contributed by atoms with E-state index in [2.05, 4.69) is 26.8 Å². The highest BCUT2D eigenvalue weighted by Gasteiger charge is 2.57. The van der Waals surface area contributed by atoms with E-state index in [1.165, 1.54) is 18.3 Å². The van der Waals surface area contributed by atoms with E-state index in [1.54, 1.807) is 12.3 Å². The van der Waals surface area contributed by atoms with Crippen molar-refractivity contribution in [2.75, 3.05) is 11.9 Å². The molecular weight excluding hydrogens is 323 g/mol. The van der Waals surface area contributed by atoms with Crippen molar-refractivity contribution in [3.63, 3.8) is 0 Å². The van der Waals surface area contributed by atoms with Gasteiger partial charge in [0.2, 0.25) is 11.9 Å². The van der Waals surface area contributed by atoms with Gasteiger partial charge in [0.05, 0.1) is 36.3 Å². The number of carbonyl (C=O) groups is 1. The number of rotatable bonds is 6. The van der Waals surface area contributed by atoms with Gasteiger partial charge in [-0.15, -0.1) is 6.58 Å². The lowest BCUT2D eigenvalue weighted by atomic mass is 10.1. The first-order chi connectivity index (χ1) is 11.9. The molecule has 3 rings (SSSR count). The number of carbonyl (C=O) groups excluding carboxylic acids is 1. The summed E-state index contributed by atoms with van der Waals surface area (Å²) in [4.78, 5) is 24.3. The molecule has 25 heavy (non-hydrogen) atoms. The zero-order valence-corrected chi connectivity index (χ0v) is 14.1. The summed E-state index contributed by atoms with van der Waals surface area (Å²) in [5, 5.41) is 2.74. The monoisotopic (exact) mass is 342 g/mol. The molecule has 0 radical (unpaired) electrons. The molecule has 130 valence electrons. The number of halogens is 1. The Balaban J connectivity index is 1.62. The fraction of sp³-hybridized carbons (Fsp3) is 0.333. The van der Waals surface area contributed by atoms with Gasteiger partial charge < -0.3 is 10.1 Å². The zero-order valence-electron chi connectivity index (χ0n) is 14.1. The van der Waals surface area contributed by atoms with Crippen LogP contribution in [0.2, 0.25) is 0 Å². The zero-order chi connectivity index (χ0) is 18.0. The minimum absolute atomic E-state index is 0.159. The van der Waals surface area contributed by atoms with Crippen molar-refractivity contribution in [1.82, 2.24) is 15.0 Å². The summed E-state index contributed by atoms with van der Waals surface area (Å²) in [6, 6.07) is 2.67. The molecular formula is C18H19FN4O2. The maximum Gasteiger partial charge on any atom is 0.228 e. The Labute approximate surface area is 145 Å². The molecule has 1 amide bonds. The number of ether oxygens (including phenoxy) is 1. The molecule has 0 spiro atoms. The van der Waals surface area contributed by atoms with Crippen LogP contribution in [0.4, 0.5) is 10.1 Å². The molecule has 0 unspecified atom stereocenters. The van der Waals surface area contributed by atoms with Crippen LogP contribution >= 0.6 is 0 Å². The van der Waals surface area contributed by atoms with E-state index in [1.807, 2.05) is 13.8 Å². The van der Waals surface area contributed by atoms with Crippen LogP contribution in [0.5, 0.6) is 5.75 Å². The minimum Gasteiger partial charge on any atom is -0.489 e. The summed E-state index contributed by atoms with van der Waals surface area (Å²) in [5.74, 6) is 0.282. The Morgan fingerprint density at radius 3 is 2.88 bits per heavy atom. The Hall–Kier alpha value is -2.83. The summed E-state index contributed by atoms with van der Waals surface area (Å²) in [5.41, 5.74) is 0.792. The van der Waals surface area contributed by atoms with E-state index in [0.717, 1.165) is 5.69 Å². The molecule has 2 atom stereocenters. The van der Waals surface area contributed by atoms with Crippen molar-refractivity contribution in [2.45, 2.75) is 20.3 Å². The number of nitrogens with zero attached hydrogens (tertiary/aromatic N) is 3. The van der Waals surface area contributed by atoms with E-state index < -0.39 is 11.4 Å². The average molecular weight is 342 g/mol. The van der Waals surface area contributed by atoms with Gasteiger partial charge in [0.15, 0.2) is 5.75 Å². The third kappa shape index (κ3) is 3.65. The molecule has 1 N–H and O–H groups in total. The first kappa shape index (κ1) is 17.0. The number of anilines is 1. The SMILES string of the molecule is C=C[C@]1(COc2cnc(C)nc2C)C[C@H]1C(=O)Nc1ccc(F)nc1. The van der Waals surface area contributed by atoms with Crippen LogP contribution in [0.15, 0.2) is 37.2 Å². The first-order valence-electron chi connectivity index (χ1n) is 7.92. The van der Waals surface area contributed by atoms with Crippen LogP contribution in [0, 0.1) is 31.1 Å². The predicted octanol–water partition coefficient (Wildman–Crippen LogP) is 2.84. The second kappa shape index (κ2) is 6.58. The minimum atomic E-state index is -0.589. The molecule has 2 aromatic rings. The maximum absolute atomic E-state index is 12.8. The van der Waals surface area contributed by atoms with Gasteiger partial charge in [-0.2, -0.15) is 4.39 Å². The molecule has 7 heteroatoms. The highest BCUT2D eigenvalue weighted by atomic mass is 19.1. The van der Waals surface area contributed by atoms with Crippen molar-refractivity contribution in [3.05, 3.63) is 54.6 Å². The molecule has 1 saturated carbocycles. The van der Waals surface area contributed by atoms with Crippen LogP contribution in [0.1, 0.15) is 17.9 Å². The lowest BCUT2D eigenvalue weighted by Crippen LogP contribution is -2.22. The summed E-state index contributed by atoms with van der Waals surface area (Å²) >= 11 is 0. The molecule has 1 fully saturated rings. The quantitative estimate of drug-likeness (QED) is 0.645. The summed E-state index contributed by atoms with van der Waals surface area (Å²) < 4.78 is 18.6. The van der Waals surface area contributed by atoms with Gasteiger partial charge in [-0.1, -0.05) is 6.08 Å². The molecule has 2 aromatic heterocycles. The molecule has 0 bridgehead atoms. The molecule has 0 aromatic carbocycles. The number of nitrogens with one attached hydrogen (secondary N) is 1. The van der Waals surface area contributed by atoms with Crippen LogP contribution in [0.25, 0.3) is 0 Å². The van der Waals surface area contributed by atoms with Gasteiger partial charge in [0.25, 0.3) is 0 Å². The number of hydrogen-bond acceptors (Lipinski definition) is 5. The molecule has 0 saturated heterocycles. The van der Waals surface area contributed by atoms with Crippen LogP contribution < -0.4 is 10.1 Å². The van der Waals surface area contributed by atoms with E-state index >= 15 is 0 Å². The van der Waals surface area contributed by atoms with Crippen molar-refractivity contribution < 1.29 is 13.9 Å². The van der Waals surface area contributed by atoms with Crippen molar-refractivity contribution in [3.8, 4) is 5.75 Å². The number of aryl methyl sites for hydroxylation is 2. The number of hydrogen-bond donors (Lipinski definition) is 1. The largest absolute Gasteiger partial charge is 0.489 e. The topological polar surface area (TPSA) is 77.0 Å². The number of aromatic nitrogens is 3. The van der Waals surface area contributed by atoms with Crippen LogP contribution in [0.3, 0.4) is 0 Å². The Morgan fingerprint density at radius 1 is 1.44 bits per heavy atom. The van der Waals surface area contributed by atoms with Gasteiger partial charge in [0.1, 0.15) is 5.82 Å². The predicted molar refractivity (Wildman–Crippen MR) is 90.6 cm³/mol. The number of amides is 1. The summed E-state index contributed by atoms with van der Waals surface area (Å²) in [6.45, 7) is 7.83. The Bertz CT molecular complexity index is 809. The van der Waals surface area contributed by atoms with E-state index in [-0.39, 0.29) is 11.8 Å². The number of pyridine rings is 1. The fourth-order valence-electron chi connectivity index (χ4n) is 2.72. The third-order valence-corrected chi connectivity index (χ3v) is 4.39. The van der Waals surface area contributed by atoms with Crippen LogP contribution in [-0.4, -0.2) is 27.5 Å².